The number of quaternary nitrogens is 1. The van der Waals surface area contributed by atoms with Gasteiger partial charge in [-0.25, -0.2) is 9.39 Å². The van der Waals surface area contributed by atoms with Crippen molar-refractivity contribution in [2.24, 2.45) is 0 Å². The van der Waals surface area contributed by atoms with Gasteiger partial charge in [-0.05, 0) is 44.4 Å². The summed E-state index contributed by atoms with van der Waals surface area (Å²) in [6.07, 6.45) is 3.04. The standard InChI is InChI=1S/C21H27N3O2.C2HF3O2/c1-16-14-19(7-8-20(16)22-21(25)18-9-13-26-15-18)24(11-3-4-12-24)23-10-5-6-17(23)2;3-2(4,5)1(6)7/h7-9,13-15,17H,3-6,10-12H2,1-2H3;(H,6,7)/p+1/t17-;/m0./s1. The van der Waals surface area contributed by atoms with Crippen molar-refractivity contribution in [2.45, 2.75) is 51.7 Å². The van der Waals surface area contributed by atoms with Crippen molar-refractivity contribution >= 4 is 23.3 Å². The Labute approximate surface area is 190 Å². The Morgan fingerprint density at radius 2 is 1.85 bits per heavy atom. The van der Waals surface area contributed by atoms with Gasteiger partial charge in [-0.1, -0.05) is 0 Å². The Bertz CT molecular complexity index is 970. The molecule has 1 amide bonds. The predicted molar refractivity (Wildman–Crippen MR) is 118 cm³/mol. The van der Waals surface area contributed by atoms with Crippen LogP contribution in [0, 0.1) is 6.92 Å². The normalized spacial score (nSPS) is 20.2. The molecule has 7 nitrogen and oxygen atoms in total. The number of amides is 1. The second-order valence-electron chi connectivity index (χ2n) is 8.50. The van der Waals surface area contributed by atoms with Crippen LogP contribution in [0.4, 0.5) is 24.5 Å². The van der Waals surface area contributed by atoms with E-state index in [1.54, 1.807) is 6.07 Å². The molecule has 0 aliphatic carbocycles. The summed E-state index contributed by atoms with van der Waals surface area (Å²) in [6, 6.07) is 8.84. The van der Waals surface area contributed by atoms with Crippen LogP contribution in [-0.4, -0.2) is 53.8 Å². The molecule has 180 valence electrons. The number of halogens is 3. The van der Waals surface area contributed by atoms with Gasteiger partial charge in [0.2, 0.25) is 0 Å². The van der Waals surface area contributed by atoms with Crippen LogP contribution in [0.5, 0.6) is 0 Å². The molecule has 0 bridgehead atoms. The monoisotopic (exact) mass is 468 g/mol. The number of carbonyl (C=O) groups is 2. The van der Waals surface area contributed by atoms with Gasteiger partial charge in [0, 0.05) is 37.2 Å². The maximum atomic E-state index is 12.3. The number of rotatable bonds is 4. The fourth-order valence-corrected chi connectivity index (χ4v) is 4.64. The van der Waals surface area contributed by atoms with Gasteiger partial charge < -0.3 is 14.8 Å². The van der Waals surface area contributed by atoms with Crippen LogP contribution >= 0.6 is 0 Å². The van der Waals surface area contributed by atoms with Crippen LogP contribution in [0.1, 0.15) is 48.5 Å². The van der Waals surface area contributed by atoms with E-state index in [-0.39, 0.29) is 5.91 Å². The highest BCUT2D eigenvalue weighted by Crippen LogP contribution is 2.38. The number of hydrogen-bond donors (Lipinski definition) is 2. The number of carbonyl (C=O) groups excluding carboxylic acids is 1. The van der Waals surface area contributed by atoms with E-state index >= 15 is 0 Å². The molecule has 2 aromatic rings. The minimum atomic E-state index is -5.08. The molecule has 0 radical (unpaired) electrons. The zero-order valence-corrected chi connectivity index (χ0v) is 18.7. The van der Waals surface area contributed by atoms with E-state index in [1.165, 1.54) is 63.5 Å². The van der Waals surface area contributed by atoms with Crippen molar-refractivity contribution in [1.82, 2.24) is 9.60 Å². The molecule has 10 heteroatoms. The number of aliphatic carboxylic acids is 1. The fourth-order valence-electron chi connectivity index (χ4n) is 4.64. The van der Waals surface area contributed by atoms with Crippen LogP contribution in [0.2, 0.25) is 0 Å². The first-order chi connectivity index (χ1) is 15.5. The Morgan fingerprint density at radius 3 is 2.33 bits per heavy atom. The van der Waals surface area contributed by atoms with Crippen molar-refractivity contribution < 1.29 is 32.3 Å². The highest BCUT2D eigenvalue weighted by molar-refractivity contribution is 6.04. The third-order valence-corrected chi connectivity index (χ3v) is 6.28. The Morgan fingerprint density at radius 1 is 1.18 bits per heavy atom. The van der Waals surface area contributed by atoms with Gasteiger partial charge in [0.25, 0.3) is 5.91 Å². The second-order valence-corrected chi connectivity index (χ2v) is 8.50. The average Bonchev–Trinajstić information content (AvgIpc) is 3.51. The molecular weight excluding hydrogens is 439 g/mol. The number of benzene rings is 1. The molecule has 2 saturated heterocycles. The molecule has 2 fully saturated rings. The number of hydrogen-bond acceptors (Lipinski definition) is 4. The molecule has 0 unspecified atom stereocenters. The van der Waals surface area contributed by atoms with E-state index in [4.69, 9.17) is 14.3 Å². The van der Waals surface area contributed by atoms with Crippen molar-refractivity contribution in [2.75, 3.05) is 25.0 Å². The lowest BCUT2D eigenvalue weighted by atomic mass is 10.1. The molecule has 33 heavy (non-hydrogen) atoms. The summed E-state index contributed by atoms with van der Waals surface area (Å²) in [5.74, 6) is -2.89. The quantitative estimate of drug-likeness (QED) is 0.619. The third-order valence-electron chi connectivity index (χ3n) is 6.28. The molecular formula is C23H29F3N3O4+. The zero-order valence-electron chi connectivity index (χ0n) is 18.7. The first-order valence-electron chi connectivity index (χ1n) is 10.9. The van der Waals surface area contributed by atoms with Crippen molar-refractivity contribution in [3.05, 3.63) is 47.9 Å². The van der Waals surface area contributed by atoms with Gasteiger partial charge in [-0.15, -0.1) is 5.01 Å². The molecule has 2 N–H and O–H groups in total. The van der Waals surface area contributed by atoms with E-state index in [0.29, 0.717) is 11.6 Å². The molecule has 0 spiro atoms. The van der Waals surface area contributed by atoms with Crippen molar-refractivity contribution in [3.63, 3.8) is 0 Å². The minimum Gasteiger partial charge on any atom is -0.475 e. The van der Waals surface area contributed by atoms with Crippen molar-refractivity contribution in [3.8, 4) is 0 Å². The summed E-state index contributed by atoms with van der Waals surface area (Å²) in [5.41, 5.74) is 3.87. The van der Waals surface area contributed by atoms with Gasteiger partial charge in [-0.2, -0.15) is 13.2 Å². The molecule has 4 rings (SSSR count). The number of nitrogens with one attached hydrogen (secondary N) is 1. The van der Waals surface area contributed by atoms with Crippen molar-refractivity contribution in [1.29, 1.82) is 0 Å². The van der Waals surface area contributed by atoms with E-state index in [2.05, 4.69) is 42.4 Å². The molecule has 3 heterocycles. The first kappa shape index (κ1) is 24.8. The maximum absolute atomic E-state index is 12.3. The number of anilines is 1. The minimum absolute atomic E-state index is 0.132. The Balaban J connectivity index is 0.000000383. The summed E-state index contributed by atoms with van der Waals surface area (Å²) in [5, 5.41) is 12.8. The highest BCUT2D eigenvalue weighted by atomic mass is 19.4. The summed E-state index contributed by atoms with van der Waals surface area (Å²) in [6.45, 7) is 7.99. The van der Waals surface area contributed by atoms with E-state index in [1.807, 2.05) is 0 Å². The zero-order chi connectivity index (χ0) is 24.2. The number of carboxylic acids is 1. The Kier molecular flexibility index (Phi) is 7.48. The summed E-state index contributed by atoms with van der Waals surface area (Å²) >= 11 is 0. The number of alkyl halides is 3. The van der Waals surface area contributed by atoms with Gasteiger partial charge in [0.1, 0.15) is 19.4 Å². The summed E-state index contributed by atoms with van der Waals surface area (Å²) in [7, 11) is 0. The van der Waals surface area contributed by atoms with Crippen LogP contribution in [-0.2, 0) is 4.79 Å². The third kappa shape index (κ3) is 5.56. The number of aryl methyl sites for hydroxylation is 1. The molecule has 1 aromatic carbocycles. The highest BCUT2D eigenvalue weighted by Gasteiger charge is 2.45. The number of nitrogens with zero attached hydrogens (tertiary/aromatic N) is 2. The SMILES string of the molecule is Cc1cc([N+]2(N3CCC[C@@H]3C)CCCC2)ccc1NC(=O)c1ccoc1.O=C(O)C(F)(F)F. The molecule has 2 aliphatic heterocycles. The lowest BCUT2D eigenvalue weighted by Gasteiger charge is -2.43. The molecule has 1 atom stereocenters. The van der Waals surface area contributed by atoms with E-state index in [0.717, 1.165) is 15.8 Å². The van der Waals surface area contributed by atoms with Gasteiger partial charge in [0.15, 0.2) is 5.69 Å². The van der Waals surface area contributed by atoms with Gasteiger partial charge >= 0.3 is 12.1 Å². The Hall–Kier alpha value is -2.85. The van der Waals surface area contributed by atoms with E-state index < -0.39 is 12.1 Å². The lowest BCUT2D eigenvalue weighted by Crippen LogP contribution is -2.61. The topological polar surface area (TPSA) is 82.8 Å². The fraction of sp³-hybridized carbons (Fsp3) is 0.478. The van der Waals surface area contributed by atoms with Crippen LogP contribution < -0.4 is 9.91 Å². The van der Waals surface area contributed by atoms with Gasteiger partial charge in [-0.3, -0.25) is 4.79 Å². The predicted octanol–water partition coefficient (Wildman–Crippen LogP) is 4.97. The number of furan rings is 1. The van der Waals surface area contributed by atoms with Crippen LogP contribution in [0.15, 0.2) is 41.2 Å². The largest absolute Gasteiger partial charge is 0.490 e. The van der Waals surface area contributed by atoms with Crippen LogP contribution in [0.25, 0.3) is 0 Å². The maximum Gasteiger partial charge on any atom is 0.490 e. The molecule has 0 saturated carbocycles. The van der Waals surface area contributed by atoms with Gasteiger partial charge in [0.05, 0.1) is 17.9 Å². The van der Waals surface area contributed by atoms with Crippen LogP contribution in [0.3, 0.4) is 0 Å². The lowest BCUT2D eigenvalue weighted by molar-refractivity contribution is -0.192. The average molecular weight is 468 g/mol. The second kappa shape index (κ2) is 9.96. The van der Waals surface area contributed by atoms with E-state index in [9.17, 15) is 18.0 Å². The molecule has 1 aromatic heterocycles. The smallest absolute Gasteiger partial charge is 0.475 e. The number of carboxylic acid groups (broad SMARTS) is 1. The summed E-state index contributed by atoms with van der Waals surface area (Å²) in [4.78, 5) is 21.2. The molecule has 2 aliphatic rings. The summed E-state index contributed by atoms with van der Waals surface area (Å²) < 4.78 is 37.7. The first-order valence-corrected chi connectivity index (χ1v) is 10.9.